The first-order valence-corrected chi connectivity index (χ1v) is 6.39. The van der Waals surface area contributed by atoms with Crippen LogP contribution in [-0.4, -0.2) is 48.1 Å². The van der Waals surface area contributed by atoms with Gasteiger partial charge in [-0.15, -0.1) is 0 Å². The smallest absolute Gasteiger partial charge is 0.317 e. The summed E-state index contributed by atoms with van der Waals surface area (Å²) in [7, 11) is 1.48. The number of alkyl halides is 2. The van der Waals surface area contributed by atoms with Crippen LogP contribution < -0.4 is 5.32 Å². The van der Waals surface area contributed by atoms with Crippen molar-refractivity contribution in [3.63, 3.8) is 0 Å². The molecule has 1 aliphatic carbocycles. The minimum Gasteiger partial charge on any atom is -0.481 e. The van der Waals surface area contributed by atoms with Gasteiger partial charge in [-0.2, -0.15) is 0 Å². The largest absolute Gasteiger partial charge is 0.481 e. The predicted molar refractivity (Wildman–Crippen MR) is 65.2 cm³/mol. The van der Waals surface area contributed by atoms with E-state index in [1.165, 1.54) is 11.9 Å². The summed E-state index contributed by atoms with van der Waals surface area (Å²) in [4.78, 5) is 23.2. The highest BCUT2D eigenvalue weighted by Gasteiger charge is 2.36. The molecule has 2 N–H and O–H groups in total. The average Bonchev–Trinajstić information content (AvgIpc) is 2.31. The molecule has 0 saturated heterocycles. The van der Waals surface area contributed by atoms with Crippen molar-refractivity contribution in [2.75, 3.05) is 20.1 Å². The molecule has 110 valence electrons. The summed E-state index contributed by atoms with van der Waals surface area (Å²) in [6, 6.07) is -0.421. The van der Waals surface area contributed by atoms with Crippen molar-refractivity contribution in [1.29, 1.82) is 0 Å². The van der Waals surface area contributed by atoms with Crippen molar-refractivity contribution in [3.05, 3.63) is 0 Å². The fraction of sp³-hybridized carbons (Fsp3) is 0.833. The van der Waals surface area contributed by atoms with Crippen LogP contribution in [0.15, 0.2) is 0 Å². The number of urea groups is 1. The highest BCUT2D eigenvalue weighted by atomic mass is 19.3. The minimum absolute atomic E-state index is 0.0735. The molecule has 2 amide bonds. The molecule has 1 fully saturated rings. The van der Waals surface area contributed by atoms with E-state index < -0.39 is 17.9 Å². The maximum Gasteiger partial charge on any atom is 0.317 e. The molecular formula is C12H20F2N2O3. The van der Waals surface area contributed by atoms with Crippen molar-refractivity contribution >= 4 is 12.0 Å². The number of carbonyl (C=O) groups excluding carboxylic acids is 1. The van der Waals surface area contributed by atoms with Gasteiger partial charge in [0.1, 0.15) is 0 Å². The Balaban J connectivity index is 2.27. The molecule has 0 aromatic heterocycles. The first-order valence-electron chi connectivity index (χ1n) is 6.39. The van der Waals surface area contributed by atoms with Gasteiger partial charge in [0.05, 0.1) is 6.42 Å². The summed E-state index contributed by atoms with van der Waals surface area (Å²) < 4.78 is 26.3. The number of halogens is 2. The third kappa shape index (κ3) is 5.85. The Hall–Kier alpha value is -1.40. The highest BCUT2D eigenvalue weighted by molar-refractivity contribution is 5.74. The minimum atomic E-state index is -2.62. The van der Waals surface area contributed by atoms with E-state index in [0.717, 1.165) is 0 Å². The monoisotopic (exact) mass is 278 g/mol. The summed E-state index contributed by atoms with van der Waals surface area (Å²) in [6.45, 7) is 0.313. The number of rotatable bonds is 5. The van der Waals surface area contributed by atoms with Crippen molar-refractivity contribution in [1.82, 2.24) is 10.2 Å². The molecule has 5 nitrogen and oxygen atoms in total. The molecule has 0 spiro atoms. The van der Waals surface area contributed by atoms with Crippen LogP contribution in [0.1, 0.15) is 32.1 Å². The molecule has 1 rings (SSSR count). The van der Waals surface area contributed by atoms with E-state index in [9.17, 15) is 18.4 Å². The molecule has 1 atom stereocenters. The molecule has 7 heteroatoms. The number of hydrogen-bond acceptors (Lipinski definition) is 2. The Morgan fingerprint density at radius 1 is 1.47 bits per heavy atom. The molecule has 1 aliphatic rings. The highest BCUT2D eigenvalue weighted by Crippen LogP contribution is 2.36. The molecule has 0 radical (unpaired) electrons. The lowest BCUT2D eigenvalue weighted by atomic mass is 9.86. The lowest BCUT2D eigenvalue weighted by Gasteiger charge is -2.29. The summed E-state index contributed by atoms with van der Waals surface area (Å²) in [5.41, 5.74) is 0. The van der Waals surface area contributed by atoms with Gasteiger partial charge < -0.3 is 15.3 Å². The molecule has 1 unspecified atom stereocenters. The van der Waals surface area contributed by atoms with Crippen LogP contribution in [0.2, 0.25) is 0 Å². The number of nitrogens with zero attached hydrogens (tertiary/aromatic N) is 1. The first kappa shape index (κ1) is 15.7. The average molecular weight is 278 g/mol. The number of carboxylic acids is 1. The zero-order valence-electron chi connectivity index (χ0n) is 11.0. The lowest BCUT2D eigenvalue weighted by molar-refractivity contribution is -0.137. The van der Waals surface area contributed by atoms with Gasteiger partial charge in [-0.05, 0) is 18.8 Å². The molecule has 19 heavy (non-hydrogen) atoms. The van der Waals surface area contributed by atoms with Crippen molar-refractivity contribution in [3.8, 4) is 0 Å². The van der Waals surface area contributed by atoms with Gasteiger partial charge >= 0.3 is 12.0 Å². The number of carbonyl (C=O) groups is 2. The van der Waals surface area contributed by atoms with Gasteiger partial charge in [0.2, 0.25) is 5.92 Å². The van der Waals surface area contributed by atoms with Crippen molar-refractivity contribution < 1.29 is 23.5 Å². The van der Waals surface area contributed by atoms with Crippen molar-refractivity contribution in [2.24, 2.45) is 5.92 Å². The third-order valence-electron chi connectivity index (χ3n) is 3.29. The fourth-order valence-corrected chi connectivity index (χ4v) is 2.18. The molecule has 0 aromatic rings. The van der Waals surface area contributed by atoms with Gasteiger partial charge in [-0.1, -0.05) is 0 Å². The van der Waals surface area contributed by atoms with E-state index in [4.69, 9.17) is 5.11 Å². The quantitative estimate of drug-likeness (QED) is 0.807. The van der Waals surface area contributed by atoms with Crippen LogP contribution in [0.3, 0.4) is 0 Å². The Kier molecular flexibility index (Phi) is 5.50. The molecule has 0 bridgehead atoms. The zero-order chi connectivity index (χ0) is 14.5. The Morgan fingerprint density at radius 2 is 2.16 bits per heavy atom. The van der Waals surface area contributed by atoms with Crippen LogP contribution in [0.25, 0.3) is 0 Å². The van der Waals surface area contributed by atoms with E-state index in [2.05, 4.69) is 5.32 Å². The lowest BCUT2D eigenvalue weighted by Crippen LogP contribution is -2.42. The van der Waals surface area contributed by atoms with Crippen LogP contribution in [0.4, 0.5) is 13.6 Å². The number of hydrogen-bond donors (Lipinski definition) is 2. The number of nitrogens with one attached hydrogen (secondary N) is 1. The van der Waals surface area contributed by atoms with Crippen molar-refractivity contribution in [2.45, 2.75) is 38.0 Å². The summed E-state index contributed by atoms with van der Waals surface area (Å²) in [6.07, 6.45) is 0.768. The topological polar surface area (TPSA) is 69.6 Å². The standard InChI is InChI=1S/C12H20F2N2O3/c1-16(6-4-10(17)18)11(19)15-8-9-3-2-5-12(13,14)7-9/h9H,2-8H2,1H3,(H,15,19)(H,17,18). The summed E-state index contributed by atoms with van der Waals surface area (Å²) in [5, 5.41) is 11.1. The van der Waals surface area contributed by atoms with Crippen LogP contribution >= 0.6 is 0 Å². The van der Waals surface area contributed by atoms with Crippen LogP contribution in [-0.2, 0) is 4.79 Å². The van der Waals surface area contributed by atoms with Gasteiger partial charge in [-0.25, -0.2) is 13.6 Å². The van der Waals surface area contributed by atoms with E-state index in [0.29, 0.717) is 12.8 Å². The van der Waals surface area contributed by atoms with Gasteiger partial charge in [-0.3, -0.25) is 4.79 Å². The third-order valence-corrected chi connectivity index (χ3v) is 3.29. The van der Waals surface area contributed by atoms with Gasteiger partial charge in [0.15, 0.2) is 0 Å². The predicted octanol–water partition coefficient (Wildman–Crippen LogP) is 1.93. The molecule has 1 saturated carbocycles. The summed E-state index contributed by atoms with van der Waals surface area (Å²) >= 11 is 0. The second-order valence-electron chi connectivity index (χ2n) is 5.07. The second-order valence-corrected chi connectivity index (χ2v) is 5.07. The normalized spacial score (nSPS) is 21.7. The van der Waals surface area contributed by atoms with E-state index in [1.807, 2.05) is 0 Å². The molecule has 0 aromatic carbocycles. The van der Waals surface area contributed by atoms with Crippen LogP contribution in [0, 0.1) is 5.92 Å². The van der Waals surface area contributed by atoms with Crippen LogP contribution in [0.5, 0.6) is 0 Å². The SMILES string of the molecule is CN(CCC(=O)O)C(=O)NCC1CCCC(F)(F)C1. The van der Waals surface area contributed by atoms with Gasteiger partial charge in [0, 0.05) is 33.0 Å². The van der Waals surface area contributed by atoms with E-state index in [-0.39, 0.29) is 38.3 Å². The number of aliphatic carboxylic acids is 1. The first-order chi connectivity index (χ1) is 8.80. The van der Waals surface area contributed by atoms with Gasteiger partial charge in [0.25, 0.3) is 0 Å². The number of carboxylic acid groups (broad SMARTS) is 1. The van der Waals surface area contributed by atoms with E-state index in [1.54, 1.807) is 0 Å². The maximum absolute atomic E-state index is 13.2. The fourth-order valence-electron chi connectivity index (χ4n) is 2.18. The number of amides is 2. The Bertz CT molecular complexity index is 337. The maximum atomic E-state index is 13.2. The second kappa shape index (κ2) is 6.68. The Morgan fingerprint density at radius 3 is 2.74 bits per heavy atom. The zero-order valence-corrected chi connectivity index (χ0v) is 11.0. The Labute approximate surface area is 111 Å². The molecule has 0 aliphatic heterocycles. The summed E-state index contributed by atoms with van der Waals surface area (Å²) in [5.74, 6) is -3.81. The molecular weight excluding hydrogens is 258 g/mol. The van der Waals surface area contributed by atoms with E-state index >= 15 is 0 Å². The molecule has 0 heterocycles.